The maximum atomic E-state index is 13.8. The number of carbonyl (C=O) groups excluding carboxylic acids is 2. The highest BCUT2D eigenvalue weighted by atomic mass is 35.5. The highest BCUT2D eigenvalue weighted by Gasteiger charge is 2.32. The first-order chi connectivity index (χ1) is 16.4. The number of hydrogen-bond acceptors (Lipinski definition) is 4. The van der Waals surface area contributed by atoms with Gasteiger partial charge >= 0.3 is 0 Å². The van der Waals surface area contributed by atoms with E-state index in [9.17, 15) is 26.8 Å². The summed E-state index contributed by atoms with van der Waals surface area (Å²) in [7, 11) is -4.05. The van der Waals surface area contributed by atoms with Gasteiger partial charge in [-0.05, 0) is 49.6 Å². The fourth-order valence-corrected chi connectivity index (χ4v) is 4.37. The molecule has 0 aliphatic heterocycles. The van der Waals surface area contributed by atoms with Crippen molar-refractivity contribution < 1.29 is 26.8 Å². The second-order valence-electron chi connectivity index (χ2n) is 8.26. The molecule has 2 aromatic rings. The van der Waals surface area contributed by atoms with Gasteiger partial charge in [-0.25, -0.2) is 17.2 Å². The molecule has 2 aromatic carbocycles. The summed E-state index contributed by atoms with van der Waals surface area (Å²) in [6.45, 7) is 4.80. The highest BCUT2D eigenvalue weighted by molar-refractivity contribution is 7.92. The number of nitrogens with one attached hydrogen (secondary N) is 1. The zero-order valence-electron chi connectivity index (χ0n) is 20.1. The van der Waals surface area contributed by atoms with E-state index in [0.717, 1.165) is 18.4 Å². The van der Waals surface area contributed by atoms with E-state index in [1.54, 1.807) is 31.2 Å². The van der Waals surface area contributed by atoms with E-state index in [0.29, 0.717) is 27.4 Å². The number of anilines is 1. The lowest BCUT2D eigenvalue weighted by Gasteiger charge is -2.33. The van der Waals surface area contributed by atoms with Gasteiger partial charge < -0.3 is 10.2 Å². The molecule has 2 amide bonds. The van der Waals surface area contributed by atoms with Crippen LogP contribution in [0.15, 0.2) is 42.5 Å². The molecular weight excluding hydrogens is 500 g/mol. The Morgan fingerprint density at radius 1 is 1.03 bits per heavy atom. The minimum Gasteiger partial charge on any atom is -0.352 e. The summed E-state index contributed by atoms with van der Waals surface area (Å²) < 4.78 is 52.9. The predicted molar refractivity (Wildman–Crippen MR) is 133 cm³/mol. The molecule has 2 rings (SSSR count). The molecule has 0 heterocycles. The largest absolute Gasteiger partial charge is 0.352 e. The maximum Gasteiger partial charge on any atom is 0.244 e. The maximum absolute atomic E-state index is 13.8. The normalized spacial score (nSPS) is 13.1. The van der Waals surface area contributed by atoms with Crippen LogP contribution in [0.3, 0.4) is 0 Å². The molecule has 0 fully saturated rings. The van der Waals surface area contributed by atoms with Crippen LogP contribution in [-0.4, -0.2) is 50.0 Å². The number of amides is 2. The minimum atomic E-state index is -4.05. The lowest BCUT2D eigenvalue weighted by Crippen LogP contribution is -2.53. The number of halogens is 3. The van der Waals surface area contributed by atoms with Crippen molar-refractivity contribution in [1.82, 2.24) is 10.2 Å². The number of carbonyl (C=O) groups is 2. The molecule has 0 aliphatic carbocycles. The van der Waals surface area contributed by atoms with E-state index in [1.165, 1.54) is 4.90 Å². The molecule has 0 radical (unpaired) electrons. The average Bonchev–Trinajstić information content (AvgIpc) is 2.79. The molecule has 192 valence electrons. The van der Waals surface area contributed by atoms with Gasteiger partial charge in [0.1, 0.15) is 12.6 Å². The van der Waals surface area contributed by atoms with Gasteiger partial charge in [0.15, 0.2) is 11.6 Å². The van der Waals surface area contributed by atoms with Gasteiger partial charge in [-0.3, -0.25) is 13.9 Å². The van der Waals surface area contributed by atoms with E-state index in [-0.39, 0.29) is 30.6 Å². The molecule has 1 N–H and O–H groups in total. The van der Waals surface area contributed by atoms with Crippen LogP contribution in [0, 0.1) is 11.6 Å². The van der Waals surface area contributed by atoms with Gasteiger partial charge in [-0.1, -0.05) is 37.6 Å². The Balaban J connectivity index is 2.45. The van der Waals surface area contributed by atoms with Crippen LogP contribution >= 0.6 is 11.6 Å². The summed E-state index contributed by atoms with van der Waals surface area (Å²) in [5.74, 6) is -3.45. The third kappa shape index (κ3) is 7.90. The fraction of sp³-hybridized carbons (Fsp3) is 0.417. The van der Waals surface area contributed by atoms with Gasteiger partial charge in [0.05, 0.1) is 11.9 Å². The first-order valence-electron chi connectivity index (χ1n) is 11.1. The molecule has 7 nitrogen and oxygen atoms in total. The summed E-state index contributed by atoms with van der Waals surface area (Å²) in [5, 5.41) is 3.36. The van der Waals surface area contributed by atoms with Crippen molar-refractivity contribution in [2.45, 2.75) is 52.2 Å². The molecule has 35 heavy (non-hydrogen) atoms. The molecule has 0 saturated carbocycles. The molecule has 2 atom stereocenters. The smallest absolute Gasteiger partial charge is 0.244 e. The predicted octanol–water partition coefficient (Wildman–Crippen LogP) is 4.11. The molecule has 0 aromatic heterocycles. The Morgan fingerprint density at radius 2 is 1.66 bits per heavy atom. The number of hydrogen-bond donors (Lipinski definition) is 1. The van der Waals surface area contributed by atoms with Crippen molar-refractivity contribution >= 4 is 39.1 Å². The van der Waals surface area contributed by atoms with Crippen molar-refractivity contribution in [3.63, 3.8) is 0 Å². The van der Waals surface area contributed by atoms with Gasteiger partial charge in [0.25, 0.3) is 0 Å². The van der Waals surface area contributed by atoms with E-state index < -0.39 is 40.2 Å². The van der Waals surface area contributed by atoms with Crippen LogP contribution in [0.4, 0.5) is 14.5 Å². The SMILES string of the molecule is CC[C@H](C)NC(=O)[C@H](CC)N(Cc1ccc(Cl)cc1)C(=O)CN(c1ccc(F)c(F)c1)S(C)(=O)=O. The number of sulfonamides is 1. The van der Waals surface area contributed by atoms with E-state index in [2.05, 4.69) is 5.32 Å². The molecule has 0 saturated heterocycles. The summed E-state index contributed by atoms with van der Waals surface area (Å²) in [5.41, 5.74) is 0.472. The third-order valence-corrected chi connectivity index (χ3v) is 6.92. The molecule has 11 heteroatoms. The van der Waals surface area contributed by atoms with Crippen LogP contribution in [0.5, 0.6) is 0 Å². The molecular formula is C24H30ClF2N3O4S. The zero-order valence-corrected chi connectivity index (χ0v) is 21.7. The van der Waals surface area contributed by atoms with E-state index in [4.69, 9.17) is 11.6 Å². The van der Waals surface area contributed by atoms with Crippen LogP contribution in [0.25, 0.3) is 0 Å². The second kappa shape index (κ2) is 12.3. The third-order valence-electron chi connectivity index (χ3n) is 5.52. The van der Waals surface area contributed by atoms with Crippen molar-refractivity contribution in [3.8, 4) is 0 Å². The van der Waals surface area contributed by atoms with Crippen molar-refractivity contribution in [2.24, 2.45) is 0 Å². The highest BCUT2D eigenvalue weighted by Crippen LogP contribution is 2.22. The van der Waals surface area contributed by atoms with E-state index in [1.807, 2.05) is 13.8 Å². The first kappa shape index (κ1) is 28.5. The number of nitrogens with zero attached hydrogens (tertiary/aromatic N) is 2. The Labute approximate surface area is 210 Å². The minimum absolute atomic E-state index is 0.0117. The fourth-order valence-electron chi connectivity index (χ4n) is 3.40. The van der Waals surface area contributed by atoms with Crippen LogP contribution in [0.2, 0.25) is 5.02 Å². The zero-order chi connectivity index (χ0) is 26.3. The summed E-state index contributed by atoms with van der Waals surface area (Å²) >= 11 is 5.96. The van der Waals surface area contributed by atoms with Crippen LogP contribution < -0.4 is 9.62 Å². The number of benzene rings is 2. The topological polar surface area (TPSA) is 86.8 Å². The second-order valence-corrected chi connectivity index (χ2v) is 10.6. The van der Waals surface area contributed by atoms with Crippen molar-refractivity contribution in [1.29, 1.82) is 0 Å². The standard InChI is InChI=1S/C24H30ClF2N3O4S/c1-5-16(3)28-24(32)22(6-2)29(14-17-7-9-18(25)10-8-17)23(31)15-30(35(4,33)34)19-11-12-20(26)21(27)13-19/h7-13,16,22H,5-6,14-15H2,1-4H3,(H,28,32)/t16-,22-/m0/s1. The number of rotatable bonds is 11. The Kier molecular flexibility index (Phi) is 10.0. The summed E-state index contributed by atoms with van der Waals surface area (Å²) in [4.78, 5) is 27.8. The molecule has 0 unspecified atom stereocenters. The van der Waals surface area contributed by atoms with E-state index >= 15 is 0 Å². The Bertz CT molecular complexity index is 1150. The van der Waals surface area contributed by atoms with Crippen LogP contribution in [-0.2, 0) is 26.2 Å². The molecule has 0 spiro atoms. The molecule has 0 aliphatic rings. The average molecular weight is 530 g/mol. The van der Waals surface area contributed by atoms with Gasteiger partial charge in [0, 0.05) is 23.7 Å². The summed E-state index contributed by atoms with van der Waals surface area (Å²) in [6, 6.07) is 8.23. The quantitative estimate of drug-likeness (QED) is 0.474. The van der Waals surface area contributed by atoms with Gasteiger partial charge in [0.2, 0.25) is 21.8 Å². The summed E-state index contributed by atoms with van der Waals surface area (Å²) in [6.07, 6.45) is 1.81. The molecule has 0 bridgehead atoms. The lowest BCUT2D eigenvalue weighted by atomic mass is 10.1. The van der Waals surface area contributed by atoms with Crippen LogP contribution in [0.1, 0.15) is 39.2 Å². The Hall–Kier alpha value is -2.72. The Morgan fingerprint density at radius 3 is 2.17 bits per heavy atom. The monoisotopic (exact) mass is 529 g/mol. The first-order valence-corrected chi connectivity index (χ1v) is 13.4. The van der Waals surface area contributed by atoms with Crippen molar-refractivity contribution in [3.05, 3.63) is 64.7 Å². The lowest BCUT2D eigenvalue weighted by molar-refractivity contribution is -0.140. The van der Waals surface area contributed by atoms with Gasteiger partial charge in [-0.15, -0.1) is 0 Å². The van der Waals surface area contributed by atoms with Crippen molar-refractivity contribution in [2.75, 3.05) is 17.1 Å². The van der Waals surface area contributed by atoms with Gasteiger partial charge in [-0.2, -0.15) is 0 Å².